The van der Waals surface area contributed by atoms with Gasteiger partial charge in [-0.3, -0.25) is 4.79 Å². The average molecular weight is 183 g/mol. The van der Waals surface area contributed by atoms with Crippen LogP contribution in [0.4, 0.5) is 0 Å². The molecule has 0 aliphatic rings. The van der Waals surface area contributed by atoms with Crippen LogP contribution in [0.5, 0.6) is 0 Å². The van der Waals surface area contributed by atoms with Gasteiger partial charge in [0.15, 0.2) is 5.88 Å². The summed E-state index contributed by atoms with van der Waals surface area (Å²) in [5.74, 6) is 0.645. The van der Waals surface area contributed by atoms with E-state index in [1.165, 1.54) is 0 Å². The van der Waals surface area contributed by atoms with Crippen LogP contribution in [0.25, 0.3) is 0 Å². The highest BCUT2D eigenvalue weighted by atomic mass is 16.5. The first-order valence-electron chi connectivity index (χ1n) is 4.17. The van der Waals surface area contributed by atoms with Gasteiger partial charge < -0.3 is 9.64 Å². The van der Waals surface area contributed by atoms with Gasteiger partial charge in [0, 0.05) is 25.7 Å². The summed E-state index contributed by atoms with van der Waals surface area (Å²) in [5, 5.41) is 0. The van der Waals surface area contributed by atoms with Gasteiger partial charge in [0.25, 0.3) is 0 Å². The van der Waals surface area contributed by atoms with Gasteiger partial charge in [-0.15, -0.1) is 0 Å². The molecule has 0 unspecified atom stereocenters. The molecule has 0 bridgehead atoms. The van der Waals surface area contributed by atoms with E-state index >= 15 is 0 Å². The molecule has 74 valence electrons. The maximum atomic E-state index is 10.3. The summed E-state index contributed by atoms with van der Waals surface area (Å²) < 4.78 is 5.45. The van der Waals surface area contributed by atoms with E-state index < -0.39 is 0 Å². The van der Waals surface area contributed by atoms with Gasteiger partial charge in [-0.25, -0.2) is 0 Å². The van der Waals surface area contributed by atoms with Gasteiger partial charge in [0.1, 0.15) is 6.29 Å². The quantitative estimate of drug-likeness (QED) is 0.280. The fourth-order valence-electron chi connectivity index (χ4n) is 0.703. The van der Waals surface area contributed by atoms with Crippen LogP contribution >= 0.6 is 0 Å². The lowest BCUT2D eigenvalue weighted by molar-refractivity contribution is -0.104. The van der Waals surface area contributed by atoms with Gasteiger partial charge in [0.05, 0.1) is 6.10 Å². The van der Waals surface area contributed by atoms with E-state index in [9.17, 15) is 4.79 Å². The maximum Gasteiger partial charge on any atom is 0.189 e. The third-order valence-electron chi connectivity index (χ3n) is 1.26. The van der Waals surface area contributed by atoms with Crippen molar-refractivity contribution in [2.24, 2.45) is 0 Å². The lowest BCUT2D eigenvalue weighted by Crippen LogP contribution is -2.17. The molecule has 0 aliphatic carbocycles. The van der Waals surface area contributed by atoms with Crippen molar-refractivity contribution in [3.05, 3.63) is 24.1 Å². The molecule has 0 aromatic heterocycles. The molecule has 0 atom stereocenters. The molecule has 0 N–H and O–H groups in total. The van der Waals surface area contributed by atoms with Crippen LogP contribution in [-0.2, 0) is 9.53 Å². The Morgan fingerprint density at radius 3 is 2.31 bits per heavy atom. The van der Waals surface area contributed by atoms with E-state index in [1.807, 2.05) is 27.9 Å². The summed E-state index contributed by atoms with van der Waals surface area (Å²) in [5.41, 5.74) is 0.407. The summed E-state index contributed by atoms with van der Waals surface area (Å²) in [6, 6.07) is 0. The number of carbonyl (C=O) groups is 1. The predicted molar refractivity (Wildman–Crippen MR) is 53.2 cm³/mol. The molecule has 0 fully saturated rings. The molecule has 13 heavy (non-hydrogen) atoms. The van der Waals surface area contributed by atoms with Crippen molar-refractivity contribution in [3.8, 4) is 0 Å². The van der Waals surface area contributed by atoms with E-state index in [0.717, 1.165) is 0 Å². The smallest absolute Gasteiger partial charge is 0.189 e. The molecular weight excluding hydrogens is 166 g/mol. The third kappa shape index (κ3) is 5.06. The standard InChI is InChI=1S/C10H17NO2/c1-8(2)13-10(11(4)5)6-9(3)7-12/h6-8H,3H2,1-2,4-5H3/b10-6+. The van der Waals surface area contributed by atoms with Crippen LogP contribution in [0.1, 0.15) is 13.8 Å². The molecule has 0 saturated heterocycles. The van der Waals surface area contributed by atoms with Crippen LogP contribution in [0, 0.1) is 0 Å². The van der Waals surface area contributed by atoms with Crippen LogP contribution in [0.3, 0.4) is 0 Å². The lowest BCUT2D eigenvalue weighted by atomic mass is 10.3. The Kier molecular flexibility index (Phi) is 4.89. The molecule has 0 heterocycles. The summed E-state index contributed by atoms with van der Waals surface area (Å²) in [6.07, 6.45) is 2.41. The molecule has 0 aromatic carbocycles. The molecule has 0 spiro atoms. The number of allylic oxidation sites excluding steroid dienone is 2. The van der Waals surface area contributed by atoms with Crippen LogP contribution < -0.4 is 0 Å². The highest BCUT2D eigenvalue weighted by Crippen LogP contribution is 2.07. The summed E-state index contributed by atoms with van der Waals surface area (Å²) in [6.45, 7) is 7.41. The minimum atomic E-state index is 0.0908. The van der Waals surface area contributed by atoms with Crippen molar-refractivity contribution >= 4 is 6.29 Å². The van der Waals surface area contributed by atoms with Gasteiger partial charge >= 0.3 is 0 Å². The molecule has 0 amide bonds. The first-order valence-corrected chi connectivity index (χ1v) is 4.17. The van der Waals surface area contributed by atoms with E-state index in [1.54, 1.807) is 11.0 Å². The van der Waals surface area contributed by atoms with Crippen molar-refractivity contribution in [1.29, 1.82) is 0 Å². The Labute approximate surface area is 79.7 Å². The van der Waals surface area contributed by atoms with Crippen LogP contribution in [0.2, 0.25) is 0 Å². The lowest BCUT2D eigenvalue weighted by Gasteiger charge is -2.20. The Morgan fingerprint density at radius 2 is 2.00 bits per heavy atom. The van der Waals surface area contributed by atoms with Crippen molar-refractivity contribution in [2.45, 2.75) is 20.0 Å². The van der Waals surface area contributed by atoms with Gasteiger partial charge in [-0.2, -0.15) is 0 Å². The minimum Gasteiger partial charge on any atom is -0.476 e. The zero-order chi connectivity index (χ0) is 10.4. The Hall–Kier alpha value is -1.25. The molecule has 0 saturated carbocycles. The highest BCUT2D eigenvalue weighted by molar-refractivity contribution is 5.76. The first kappa shape index (κ1) is 11.8. The Bertz CT molecular complexity index is 217. The van der Waals surface area contributed by atoms with Gasteiger partial charge in [-0.05, 0) is 13.8 Å². The SMILES string of the molecule is C=C(C=O)/C=C(/OC(C)C)N(C)C. The predicted octanol–water partition coefficient (Wildman–Crippen LogP) is 1.57. The topological polar surface area (TPSA) is 29.5 Å². The second kappa shape index (κ2) is 5.41. The number of nitrogens with zero attached hydrogens (tertiary/aromatic N) is 1. The molecule has 3 nitrogen and oxygen atoms in total. The number of carbonyl (C=O) groups excluding carboxylic acids is 1. The van der Waals surface area contributed by atoms with Crippen molar-refractivity contribution in [3.63, 3.8) is 0 Å². The van der Waals surface area contributed by atoms with Crippen molar-refractivity contribution in [2.75, 3.05) is 14.1 Å². The normalized spacial score (nSPS) is 11.3. The molecule has 0 aromatic rings. The molecule has 0 rings (SSSR count). The zero-order valence-corrected chi connectivity index (χ0v) is 8.70. The minimum absolute atomic E-state index is 0.0908. The summed E-state index contributed by atoms with van der Waals surface area (Å²) in [4.78, 5) is 12.1. The van der Waals surface area contributed by atoms with E-state index in [-0.39, 0.29) is 6.10 Å². The van der Waals surface area contributed by atoms with Crippen LogP contribution in [0.15, 0.2) is 24.1 Å². The number of hydrogen-bond acceptors (Lipinski definition) is 3. The number of aldehydes is 1. The number of hydrogen-bond donors (Lipinski definition) is 0. The Morgan fingerprint density at radius 1 is 1.46 bits per heavy atom. The monoisotopic (exact) mass is 183 g/mol. The number of ether oxygens (including phenoxy) is 1. The fraction of sp³-hybridized carbons (Fsp3) is 0.500. The van der Waals surface area contributed by atoms with Gasteiger partial charge in [0.2, 0.25) is 0 Å². The second-order valence-electron chi connectivity index (χ2n) is 3.24. The van der Waals surface area contributed by atoms with E-state index in [4.69, 9.17) is 4.74 Å². The van der Waals surface area contributed by atoms with Crippen LogP contribution in [-0.4, -0.2) is 31.4 Å². The highest BCUT2D eigenvalue weighted by Gasteiger charge is 2.03. The first-order chi connectivity index (χ1) is 5.97. The molecule has 0 aliphatic heterocycles. The van der Waals surface area contributed by atoms with Gasteiger partial charge in [-0.1, -0.05) is 6.58 Å². The number of rotatable bonds is 5. The Balaban J connectivity index is 4.49. The molecular formula is C10H17NO2. The van der Waals surface area contributed by atoms with Crippen molar-refractivity contribution in [1.82, 2.24) is 4.90 Å². The molecule has 0 radical (unpaired) electrons. The van der Waals surface area contributed by atoms with E-state index in [0.29, 0.717) is 17.7 Å². The van der Waals surface area contributed by atoms with Crippen molar-refractivity contribution < 1.29 is 9.53 Å². The average Bonchev–Trinajstić information content (AvgIpc) is 2.02. The molecule has 3 heteroatoms. The second-order valence-corrected chi connectivity index (χ2v) is 3.24. The maximum absolute atomic E-state index is 10.3. The van der Waals surface area contributed by atoms with E-state index in [2.05, 4.69) is 6.58 Å². The largest absolute Gasteiger partial charge is 0.476 e. The third-order valence-corrected chi connectivity index (χ3v) is 1.26. The summed E-state index contributed by atoms with van der Waals surface area (Å²) >= 11 is 0. The summed E-state index contributed by atoms with van der Waals surface area (Å²) in [7, 11) is 3.71. The fourth-order valence-corrected chi connectivity index (χ4v) is 0.703. The zero-order valence-electron chi connectivity index (χ0n) is 8.70.